The zero-order valence-corrected chi connectivity index (χ0v) is 11.8. The lowest BCUT2D eigenvalue weighted by molar-refractivity contribution is -0.133. The number of nitrogens with two attached hydrogens (primary N) is 1. The number of benzene rings is 1. The van der Waals surface area contributed by atoms with Crippen molar-refractivity contribution < 1.29 is 18.7 Å². The Balaban J connectivity index is 2.15. The van der Waals surface area contributed by atoms with Crippen LogP contribution in [0.25, 0.3) is 0 Å². The van der Waals surface area contributed by atoms with Gasteiger partial charge in [0.2, 0.25) is 11.8 Å². The lowest BCUT2D eigenvalue weighted by Crippen LogP contribution is -2.55. The summed E-state index contributed by atoms with van der Waals surface area (Å²) in [6, 6.07) is 3.91. The van der Waals surface area contributed by atoms with Crippen LogP contribution in [-0.2, 0) is 16.1 Å². The smallest absolute Gasteiger partial charge is 0.237 e. The van der Waals surface area contributed by atoms with Gasteiger partial charge in [0, 0.05) is 31.3 Å². The molecule has 0 unspecified atom stereocenters. The number of methoxy groups -OCH3 is 1. The van der Waals surface area contributed by atoms with Gasteiger partial charge >= 0.3 is 0 Å². The predicted octanol–water partition coefficient (Wildman–Crippen LogP) is 0.0101. The third-order valence-electron chi connectivity index (χ3n) is 3.47. The second-order valence-corrected chi connectivity index (χ2v) is 4.91. The molecule has 1 atom stereocenters. The summed E-state index contributed by atoms with van der Waals surface area (Å²) in [6.45, 7) is 1.24. The van der Waals surface area contributed by atoms with Crippen molar-refractivity contribution in [2.75, 3.05) is 20.2 Å². The van der Waals surface area contributed by atoms with Gasteiger partial charge in [-0.05, 0) is 6.07 Å². The van der Waals surface area contributed by atoms with E-state index in [2.05, 4.69) is 5.32 Å². The summed E-state index contributed by atoms with van der Waals surface area (Å²) in [5.74, 6) is -0.786. The molecule has 1 fully saturated rings. The van der Waals surface area contributed by atoms with Crippen LogP contribution >= 0.6 is 0 Å². The first-order valence-electron chi connectivity index (χ1n) is 6.63. The minimum atomic E-state index is -0.655. The van der Waals surface area contributed by atoms with Gasteiger partial charge in [-0.25, -0.2) is 4.39 Å². The Morgan fingerprint density at radius 1 is 1.57 bits per heavy atom. The van der Waals surface area contributed by atoms with Gasteiger partial charge < -0.3 is 15.8 Å². The number of carbonyl (C=O) groups is 2. The van der Waals surface area contributed by atoms with E-state index in [1.165, 1.54) is 13.2 Å². The molecule has 0 radical (unpaired) electrons. The van der Waals surface area contributed by atoms with Crippen molar-refractivity contribution in [2.45, 2.75) is 19.0 Å². The van der Waals surface area contributed by atoms with Crippen LogP contribution in [0.15, 0.2) is 18.2 Å². The third kappa shape index (κ3) is 3.69. The van der Waals surface area contributed by atoms with Gasteiger partial charge in [-0.2, -0.15) is 0 Å². The van der Waals surface area contributed by atoms with Crippen LogP contribution in [0.5, 0.6) is 5.75 Å². The highest BCUT2D eigenvalue weighted by Crippen LogP contribution is 2.20. The molecule has 0 spiro atoms. The van der Waals surface area contributed by atoms with E-state index in [1.807, 2.05) is 0 Å². The van der Waals surface area contributed by atoms with E-state index < -0.39 is 17.8 Å². The van der Waals surface area contributed by atoms with Crippen molar-refractivity contribution in [2.24, 2.45) is 5.73 Å². The summed E-state index contributed by atoms with van der Waals surface area (Å²) in [5, 5.41) is 2.68. The Morgan fingerprint density at radius 2 is 2.33 bits per heavy atom. The monoisotopic (exact) mass is 295 g/mol. The molecule has 114 valence electrons. The molecule has 1 aliphatic heterocycles. The molecule has 0 aromatic heterocycles. The molecule has 21 heavy (non-hydrogen) atoms. The van der Waals surface area contributed by atoms with Crippen molar-refractivity contribution in [1.29, 1.82) is 0 Å². The standard InChI is InChI=1S/C14H18FN3O3/c1-21-10-3-2-9(11(15)6-10)8-18-5-4-17-14(20)12(18)7-13(16)19/h2-3,6,12H,4-5,7-8H2,1H3,(H2,16,19)(H,17,20)/t12-/m0/s1. The van der Waals surface area contributed by atoms with Crippen LogP contribution < -0.4 is 15.8 Å². The van der Waals surface area contributed by atoms with Gasteiger partial charge in [-0.3, -0.25) is 14.5 Å². The predicted molar refractivity (Wildman–Crippen MR) is 74.0 cm³/mol. The molecule has 1 saturated heterocycles. The van der Waals surface area contributed by atoms with Gasteiger partial charge in [0.25, 0.3) is 0 Å². The van der Waals surface area contributed by atoms with Gasteiger partial charge in [0.05, 0.1) is 19.6 Å². The molecule has 1 aromatic rings. The first-order valence-corrected chi connectivity index (χ1v) is 6.63. The fourth-order valence-corrected chi connectivity index (χ4v) is 2.37. The number of amides is 2. The summed E-state index contributed by atoms with van der Waals surface area (Å²) < 4.78 is 18.9. The number of nitrogens with one attached hydrogen (secondary N) is 1. The van der Waals surface area contributed by atoms with E-state index in [0.717, 1.165) is 0 Å². The molecule has 0 bridgehead atoms. The SMILES string of the molecule is COc1ccc(CN2CCNC(=O)[C@@H]2CC(N)=O)c(F)c1. The highest BCUT2D eigenvalue weighted by atomic mass is 19.1. The number of piperazine rings is 1. The van der Waals surface area contributed by atoms with E-state index in [1.54, 1.807) is 17.0 Å². The topological polar surface area (TPSA) is 84.7 Å². The van der Waals surface area contributed by atoms with Gasteiger partial charge in [0.1, 0.15) is 11.6 Å². The Bertz CT molecular complexity index is 550. The highest BCUT2D eigenvalue weighted by molar-refractivity contribution is 5.88. The minimum absolute atomic E-state index is 0.0798. The van der Waals surface area contributed by atoms with E-state index in [0.29, 0.717) is 24.4 Å². The molecule has 0 aliphatic carbocycles. The van der Waals surface area contributed by atoms with Crippen molar-refractivity contribution in [3.05, 3.63) is 29.6 Å². The number of hydrogen-bond donors (Lipinski definition) is 2. The van der Waals surface area contributed by atoms with E-state index in [4.69, 9.17) is 10.5 Å². The van der Waals surface area contributed by atoms with Crippen LogP contribution in [0.3, 0.4) is 0 Å². The van der Waals surface area contributed by atoms with Crippen molar-refractivity contribution in [3.8, 4) is 5.75 Å². The third-order valence-corrected chi connectivity index (χ3v) is 3.47. The van der Waals surface area contributed by atoms with Crippen LogP contribution in [0.2, 0.25) is 0 Å². The average molecular weight is 295 g/mol. The summed E-state index contributed by atoms with van der Waals surface area (Å²) in [7, 11) is 1.46. The molecule has 1 aromatic carbocycles. The van der Waals surface area contributed by atoms with Gasteiger partial charge in [-0.15, -0.1) is 0 Å². The lowest BCUT2D eigenvalue weighted by atomic mass is 10.1. The molecule has 2 amide bonds. The molecule has 0 saturated carbocycles. The molecule has 7 heteroatoms. The number of ether oxygens (including phenoxy) is 1. The fraction of sp³-hybridized carbons (Fsp3) is 0.429. The molecule has 6 nitrogen and oxygen atoms in total. The summed E-state index contributed by atoms with van der Waals surface area (Å²) in [4.78, 5) is 24.7. The largest absolute Gasteiger partial charge is 0.497 e. The lowest BCUT2D eigenvalue weighted by Gasteiger charge is -2.34. The number of halogens is 1. The maximum atomic E-state index is 14.0. The fourth-order valence-electron chi connectivity index (χ4n) is 2.37. The molecular formula is C14H18FN3O3. The van der Waals surface area contributed by atoms with Crippen molar-refractivity contribution in [1.82, 2.24) is 10.2 Å². The first kappa shape index (κ1) is 15.2. The Kier molecular flexibility index (Phi) is 4.74. The summed E-state index contributed by atoms with van der Waals surface area (Å²) in [5.41, 5.74) is 5.62. The number of primary amides is 1. The summed E-state index contributed by atoms with van der Waals surface area (Å²) >= 11 is 0. The molecule has 1 heterocycles. The number of nitrogens with zero attached hydrogens (tertiary/aromatic N) is 1. The summed E-state index contributed by atoms with van der Waals surface area (Å²) in [6.07, 6.45) is -0.0798. The Labute approximate surface area is 122 Å². The normalized spacial score (nSPS) is 19.1. The molecular weight excluding hydrogens is 277 g/mol. The van der Waals surface area contributed by atoms with Gasteiger partial charge in [0.15, 0.2) is 0 Å². The van der Waals surface area contributed by atoms with Crippen LogP contribution in [0, 0.1) is 5.82 Å². The second kappa shape index (κ2) is 6.53. The second-order valence-electron chi connectivity index (χ2n) is 4.91. The average Bonchev–Trinajstić information content (AvgIpc) is 2.44. The Morgan fingerprint density at radius 3 is 2.95 bits per heavy atom. The quantitative estimate of drug-likeness (QED) is 0.801. The molecule has 2 rings (SSSR count). The van der Waals surface area contributed by atoms with E-state index in [-0.39, 0.29) is 18.9 Å². The molecule has 1 aliphatic rings. The van der Waals surface area contributed by atoms with Crippen LogP contribution in [0.1, 0.15) is 12.0 Å². The maximum absolute atomic E-state index is 14.0. The van der Waals surface area contributed by atoms with E-state index >= 15 is 0 Å². The minimum Gasteiger partial charge on any atom is -0.497 e. The van der Waals surface area contributed by atoms with Gasteiger partial charge in [-0.1, -0.05) is 6.07 Å². The molecule has 3 N–H and O–H groups in total. The first-order chi connectivity index (χ1) is 10.0. The number of rotatable bonds is 5. The number of carbonyl (C=O) groups excluding carboxylic acids is 2. The van der Waals surface area contributed by atoms with Crippen molar-refractivity contribution in [3.63, 3.8) is 0 Å². The Hall–Kier alpha value is -2.15. The zero-order chi connectivity index (χ0) is 15.4. The number of hydrogen-bond acceptors (Lipinski definition) is 4. The van der Waals surface area contributed by atoms with E-state index in [9.17, 15) is 14.0 Å². The van der Waals surface area contributed by atoms with Crippen LogP contribution in [0.4, 0.5) is 4.39 Å². The maximum Gasteiger partial charge on any atom is 0.237 e. The zero-order valence-electron chi connectivity index (χ0n) is 11.8. The van der Waals surface area contributed by atoms with Crippen LogP contribution in [-0.4, -0.2) is 43.0 Å². The highest BCUT2D eigenvalue weighted by Gasteiger charge is 2.31. The van der Waals surface area contributed by atoms with Crippen molar-refractivity contribution >= 4 is 11.8 Å².